The highest BCUT2D eigenvalue weighted by molar-refractivity contribution is 7.09. The third kappa shape index (κ3) is 4.56. The first-order valence-electron chi connectivity index (χ1n) is 6.66. The zero-order valence-electron chi connectivity index (χ0n) is 12.0. The Kier molecular flexibility index (Phi) is 5.48. The fraction of sp³-hybridized carbons (Fsp3) is 0.267. The fourth-order valence-corrected chi connectivity index (χ4v) is 2.64. The minimum atomic E-state index is -1.04. The molecule has 0 atom stereocenters. The van der Waals surface area contributed by atoms with Crippen molar-refractivity contribution in [2.75, 3.05) is 13.7 Å². The summed E-state index contributed by atoms with van der Waals surface area (Å²) < 4.78 is 5.11. The van der Waals surface area contributed by atoms with Gasteiger partial charge < -0.3 is 15.2 Å². The third-order valence-electron chi connectivity index (χ3n) is 2.93. The number of thiazole rings is 1. The molecule has 0 aliphatic carbocycles. The summed E-state index contributed by atoms with van der Waals surface area (Å²) in [6.45, 7) is 0.426. The van der Waals surface area contributed by atoms with Crippen LogP contribution in [0.25, 0.3) is 0 Å². The van der Waals surface area contributed by atoms with Crippen molar-refractivity contribution in [1.29, 1.82) is 0 Å². The highest BCUT2D eigenvalue weighted by Gasteiger charge is 2.09. The Hall–Kier alpha value is -2.41. The van der Waals surface area contributed by atoms with Gasteiger partial charge in [-0.25, -0.2) is 9.78 Å². The predicted octanol–water partition coefficient (Wildman–Crippen LogP) is 1.75. The molecule has 1 heterocycles. The van der Waals surface area contributed by atoms with Crippen LogP contribution >= 0.6 is 11.3 Å². The number of nitrogens with zero attached hydrogens (tertiary/aromatic N) is 1. The molecule has 1 aromatic heterocycles. The molecule has 0 aliphatic rings. The van der Waals surface area contributed by atoms with Gasteiger partial charge in [0.1, 0.15) is 5.75 Å². The van der Waals surface area contributed by atoms with Gasteiger partial charge in [0, 0.05) is 18.3 Å². The number of benzene rings is 1. The lowest BCUT2D eigenvalue weighted by Gasteiger charge is -2.05. The van der Waals surface area contributed by atoms with Crippen LogP contribution in [-0.4, -0.2) is 35.6 Å². The van der Waals surface area contributed by atoms with Crippen LogP contribution in [-0.2, 0) is 17.6 Å². The number of carboxylic acid groups (broad SMARTS) is 1. The molecule has 0 radical (unpaired) electrons. The lowest BCUT2D eigenvalue weighted by Crippen LogP contribution is -2.27. The number of hydrogen-bond donors (Lipinski definition) is 2. The number of methoxy groups -OCH3 is 1. The number of hydrogen-bond acceptors (Lipinski definition) is 5. The van der Waals surface area contributed by atoms with E-state index >= 15 is 0 Å². The molecule has 0 spiro atoms. The quantitative estimate of drug-likeness (QED) is 0.811. The smallest absolute Gasteiger partial charge is 0.355 e. The molecule has 2 N–H and O–H groups in total. The lowest BCUT2D eigenvalue weighted by molar-refractivity contribution is -0.120. The molecular formula is C15H16N2O4S. The zero-order valence-corrected chi connectivity index (χ0v) is 12.9. The molecule has 0 aliphatic heterocycles. The monoisotopic (exact) mass is 320 g/mol. The van der Waals surface area contributed by atoms with E-state index in [0.717, 1.165) is 5.56 Å². The second-order valence-corrected chi connectivity index (χ2v) is 5.50. The lowest BCUT2D eigenvalue weighted by atomic mass is 10.1. The van der Waals surface area contributed by atoms with Gasteiger partial charge in [0.2, 0.25) is 5.91 Å². The number of ether oxygens (including phenoxy) is 1. The standard InChI is InChI=1S/C15H16N2O4S/c1-21-11-4-2-3-10(7-11)8-13(18)16-6-5-14-17-12(9-22-14)15(19)20/h2-4,7,9H,5-6,8H2,1H3,(H,16,18)(H,19,20). The van der Waals surface area contributed by atoms with Gasteiger partial charge in [-0.2, -0.15) is 0 Å². The minimum Gasteiger partial charge on any atom is -0.497 e. The molecule has 22 heavy (non-hydrogen) atoms. The van der Waals surface area contributed by atoms with Crippen molar-refractivity contribution in [3.63, 3.8) is 0 Å². The van der Waals surface area contributed by atoms with Crippen LogP contribution in [0, 0.1) is 0 Å². The van der Waals surface area contributed by atoms with Gasteiger partial charge in [-0.05, 0) is 17.7 Å². The molecule has 116 valence electrons. The minimum absolute atomic E-state index is 0.0442. The van der Waals surface area contributed by atoms with E-state index in [-0.39, 0.29) is 18.0 Å². The molecule has 2 aromatic rings. The molecule has 6 nitrogen and oxygen atoms in total. The van der Waals surface area contributed by atoms with Gasteiger partial charge in [0.15, 0.2) is 5.69 Å². The third-order valence-corrected chi connectivity index (χ3v) is 3.84. The Morgan fingerprint density at radius 1 is 1.41 bits per heavy atom. The van der Waals surface area contributed by atoms with E-state index in [1.54, 1.807) is 7.11 Å². The topological polar surface area (TPSA) is 88.5 Å². The predicted molar refractivity (Wildman–Crippen MR) is 82.5 cm³/mol. The number of carboxylic acids is 1. The molecule has 2 rings (SSSR count). The Balaban J connectivity index is 1.78. The van der Waals surface area contributed by atoms with E-state index in [1.807, 2.05) is 24.3 Å². The molecule has 0 unspecified atom stereocenters. The van der Waals surface area contributed by atoms with Crippen LogP contribution in [0.4, 0.5) is 0 Å². The number of nitrogens with one attached hydrogen (secondary N) is 1. The Morgan fingerprint density at radius 2 is 2.23 bits per heavy atom. The molecule has 0 bridgehead atoms. The largest absolute Gasteiger partial charge is 0.497 e. The second-order valence-electron chi connectivity index (χ2n) is 4.56. The van der Waals surface area contributed by atoms with Crippen molar-refractivity contribution < 1.29 is 19.4 Å². The van der Waals surface area contributed by atoms with Crippen molar-refractivity contribution in [1.82, 2.24) is 10.3 Å². The van der Waals surface area contributed by atoms with Gasteiger partial charge in [-0.1, -0.05) is 12.1 Å². The number of amides is 1. The summed E-state index contributed by atoms with van der Waals surface area (Å²) in [6, 6.07) is 7.34. The number of carbonyl (C=O) groups excluding carboxylic acids is 1. The number of aromatic nitrogens is 1. The highest BCUT2D eigenvalue weighted by Crippen LogP contribution is 2.13. The summed E-state index contributed by atoms with van der Waals surface area (Å²) in [6.07, 6.45) is 0.789. The maximum Gasteiger partial charge on any atom is 0.355 e. The maximum absolute atomic E-state index is 11.9. The van der Waals surface area contributed by atoms with Crippen LogP contribution in [0.2, 0.25) is 0 Å². The van der Waals surface area contributed by atoms with E-state index in [9.17, 15) is 9.59 Å². The Bertz CT molecular complexity index is 669. The normalized spacial score (nSPS) is 10.2. The van der Waals surface area contributed by atoms with Gasteiger partial charge in [0.05, 0.1) is 18.5 Å². The van der Waals surface area contributed by atoms with Crippen LogP contribution in [0.5, 0.6) is 5.75 Å². The van der Waals surface area contributed by atoms with Gasteiger partial charge in [-0.15, -0.1) is 11.3 Å². The summed E-state index contributed by atoms with van der Waals surface area (Å²) in [5, 5.41) is 13.8. The molecule has 1 aromatic carbocycles. The fourth-order valence-electron chi connectivity index (χ4n) is 1.86. The molecule has 1 amide bonds. The van der Waals surface area contributed by atoms with Crippen molar-refractivity contribution in [2.24, 2.45) is 0 Å². The van der Waals surface area contributed by atoms with Gasteiger partial charge in [-0.3, -0.25) is 4.79 Å². The van der Waals surface area contributed by atoms with Crippen molar-refractivity contribution in [2.45, 2.75) is 12.8 Å². The number of carbonyl (C=O) groups is 2. The summed E-state index contributed by atoms with van der Waals surface area (Å²) in [5.41, 5.74) is 0.918. The van der Waals surface area contributed by atoms with Crippen LogP contribution in [0.15, 0.2) is 29.6 Å². The Labute approximate surface area is 131 Å². The summed E-state index contributed by atoms with van der Waals surface area (Å²) in [5.74, 6) is -0.415. The van der Waals surface area contributed by atoms with Crippen LogP contribution in [0.3, 0.4) is 0 Å². The van der Waals surface area contributed by atoms with Gasteiger partial charge in [0.25, 0.3) is 0 Å². The molecule has 7 heteroatoms. The first kappa shape index (κ1) is 16.0. The zero-order chi connectivity index (χ0) is 15.9. The van der Waals surface area contributed by atoms with E-state index < -0.39 is 5.97 Å². The average molecular weight is 320 g/mol. The summed E-state index contributed by atoms with van der Waals surface area (Å²) in [7, 11) is 1.58. The maximum atomic E-state index is 11.9. The summed E-state index contributed by atoms with van der Waals surface area (Å²) in [4.78, 5) is 26.5. The van der Waals surface area contributed by atoms with Gasteiger partial charge >= 0.3 is 5.97 Å². The van der Waals surface area contributed by atoms with E-state index in [1.165, 1.54) is 16.7 Å². The SMILES string of the molecule is COc1cccc(CC(=O)NCCc2nc(C(=O)O)cs2)c1. The first-order chi connectivity index (χ1) is 10.6. The Morgan fingerprint density at radius 3 is 2.91 bits per heavy atom. The van der Waals surface area contributed by atoms with Crippen LogP contribution in [0.1, 0.15) is 21.1 Å². The van der Waals surface area contributed by atoms with Crippen molar-refractivity contribution in [3.8, 4) is 5.75 Å². The van der Waals surface area contributed by atoms with E-state index in [2.05, 4.69) is 10.3 Å². The van der Waals surface area contributed by atoms with Crippen molar-refractivity contribution >= 4 is 23.2 Å². The molecule has 0 saturated carbocycles. The molecular weight excluding hydrogens is 304 g/mol. The number of rotatable bonds is 7. The highest BCUT2D eigenvalue weighted by atomic mass is 32.1. The van der Waals surface area contributed by atoms with E-state index in [4.69, 9.17) is 9.84 Å². The number of aromatic carboxylic acids is 1. The van der Waals surface area contributed by atoms with E-state index in [0.29, 0.717) is 23.7 Å². The van der Waals surface area contributed by atoms with Crippen molar-refractivity contribution in [3.05, 3.63) is 45.9 Å². The first-order valence-corrected chi connectivity index (χ1v) is 7.54. The molecule has 0 saturated heterocycles. The summed E-state index contributed by atoms with van der Waals surface area (Å²) >= 11 is 1.28. The molecule has 0 fully saturated rings. The second kappa shape index (κ2) is 7.56. The average Bonchev–Trinajstić information content (AvgIpc) is 2.96. The van der Waals surface area contributed by atoms with Crippen LogP contribution < -0.4 is 10.1 Å².